The Balaban J connectivity index is 1.66. The molecule has 0 nitrogen and oxygen atoms in total. The van der Waals surface area contributed by atoms with Crippen molar-refractivity contribution in [2.45, 2.75) is 161 Å². The lowest BCUT2D eigenvalue weighted by molar-refractivity contribution is 0.328. The molecular weight excluding hydrogens is 348 g/mol. The predicted molar refractivity (Wildman–Crippen MR) is 131 cm³/mol. The van der Waals surface area contributed by atoms with Crippen molar-refractivity contribution in [3.63, 3.8) is 0 Å². The first-order valence-corrected chi connectivity index (χ1v) is 14.1. The third-order valence-electron chi connectivity index (χ3n) is 7.81. The minimum Gasteiger partial charge on any atom is -0.0533 e. The molecule has 0 aromatic carbocycles. The van der Waals surface area contributed by atoms with Crippen molar-refractivity contribution in [1.82, 2.24) is 0 Å². The zero-order valence-electron chi connectivity index (χ0n) is 20.0. The molecule has 0 aromatic heterocycles. The highest BCUT2D eigenvalue weighted by Gasteiger charge is 2.13. The van der Waals surface area contributed by atoms with Crippen LogP contribution in [-0.2, 0) is 0 Å². The lowest BCUT2D eigenvalue weighted by Gasteiger charge is -2.20. The molecular formula is C29H54. The Morgan fingerprint density at radius 3 is 1.07 bits per heavy atom. The molecule has 0 heterocycles. The molecule has 0 bridgehead atoms. The van der Waals surface area contributed by atoms with Gasteiger partial charge in [-0.05, 0) is 24.7 Å². The Morgan fingerprint density at radius 1 is 0.379 bits per heavy atom. The van der Waals surface area contributed by atoms with Gasteiger partial charge in [-0.25, -0.2) is 0 Å². The van der Waals surface area contributed by atoms with Crippen LogP contribution in [0.2, 0.25) is 0 Å². The van der Waals surface area contributed by atoms with E-state index in [0.29, 0.717) is 0 Å². The van der Waals surface area contributed by atoms with Crippen LogP contribution >= 0.6 is 0 Å². The molecule has 29 heavy (non-hydrogen) atoms. The maximum Gasteiger partial charge on any atom is -0.0386 e. The lowest BCUT2D eigenvalue weighted by atomic mass is 9.86. The molecule has 0 N–H and O–H groups in total. The topological polar surface area (TPSA) is 0 Å². The van der Waals surface area contributed by atoms with Crippen molar-refractivity contribution >= 4 is 0 Å². The van der Waals surface area contributed by atoms with E-state index in [9.17, 15) is 0 Å². The fourth-order valence-electron chi connectivity index (χ4n) is 5.80. The summed E-state index contributed by atoms with van der Waals surface area (Å²) in [5, 5.41) is 0. The van der Waals surface area contributed by atoms with E-state index >= 15 is 0 Å². The smallest absolute Gasteiger partial charge is 0.0386 e. The van der Waals surface area contributed by atoms with Crippen LogP contribution in [0.1, 0.15) is 161 Å². The molecule has 0 spiro atoms. The third-order valence-corrected chi connectivity index (χ3v) is 7.81. The van der Waals surface area contributed by atoms with Gasteiger partial charge in [-0.15, -0.1) is 0 Å². The molecule has 2 atom stereocenters. The largest absolute Gasteiger partial charge is 0.0533 e. The highest BCUT2D eigenvalue weighted by molar-refractivity contribution is 4.70. The number of hydrogen-bond acceptors (Lipinski definition) is 0. The Morgan fingerprint density at radius 2 is 0.690 bits per heavy atom. The lowest BCUT2D eigenvalue weighted by Crippen LogP contribution is -2.05. The fourth-order valence-corrected chi connectivity index (χ4v) is 5.80. The van der Waals surface area contributed by atoms with Gasteiger partial charge in [0, 0.05) is 0 Å². The Labute approximate surface area is 185 Å². The Bertz CT molecular complexity index is 273. The van der Waals surface area contributed by atoms with Crippen molar-refractivity contribution in [1.29, 1.82) is 0 Å². The maximum absolute atomic E-state index is 2.57. The van der Waals surface area contributed by atoms with Gasteiger partial charge in [0.25, 0.3) is 0 Å². The van der Waals surface area contributed by atoms with Crippen LogP contribution in [0.25, 0.3) is 0 Å². The first-order chi connectivity index (χ1) is 14.4. The summed E-state index contributed by atoms with van der Waals surface area (Å²) in [4.78, 5) is 0. The van der Waals surface area contributed by atoms with E-state index < -0.39 is 0 Å². The van der Waals surface area contributed by atoms with Crippen LogP contribution in [0.15, 0.2) is 0 Å². The average molecular weight is 403 g/mol. The maximum atomic E-state index is 2.57. The van der Waals surface area contributed by atoms with Crippen LogP contribution in [0.3, 0.4) is 0 Å². The first-order valence-electron chi connectivity index (χ1n) is 14.1. The van der Waals surface area contributed by atoms with Gasteiger partial charge in [0.1, 0.15) is 0 Å². The van der Waals surface area contributed by atoms with E-state index in [0.717, 1.165) is 11.8 Å². The molecule has 2 saturated carbocycles. The van der Waals surface area contributed by atoms with Crippen LogP contribution in [-0.4, -0.2) is 0 Å². The van der Waals surface area contributed by atoms with Crippen molar-refractivity contribution in [2.75, 3.05) is 0 Å². The van der Waals surface area contributed by atoms with Crippen LogP contribution in [0.5, 0.6) is 0 Å². The van der Waals surface area contributed by atoms with Crippen LogP contribution in [0.4, 0.5) is 0 Å². The predicted octanol–water partition coefficient (Wildman–Crippen LogP) is 10.4. The van der Waals surface area contributed by atoms with E-state index in [1.807, 2.05) is 0 Å². The van der Waals surface area contributed by atoms with Gasteiger partial charge in [-0.3, -0.25) is 0 Å². The zero-order valence-corrected chi connectivity index (χ0v) is 20.0. The second-order valence-electron chi connectivity index (χ2n) is 10.5. The summed E-state index contributed by atoms with van der Waals surface area (Å²) < 4.78 is 0. The first kappa shape index (κ1) is 25.3. The standard InChI is InChI=1S/C29H54/c1-2-6-10-14-18-23-28(22-17-13-9-5-1)26-21-27-29-24-19-15-11-7-3-4-8-12-16-20-25-29/h1,3,28-29H,2,4-27H2. The van der Waals surface area contributed by atoms with Gasteiger partial charge in [-0.2, -0.15) is 0 Å². The van der Waals surface area contributed by atoms with Gasteiger partial charge >= 0.3 is 0 Å². The molecule has 2 aliphatic rings. The zero-order chi connectivity index (χ0) is 20.2. The SMILES string of the molecule is [CH]1CCCCCCC(CCCC2CCCCC[CH]CCCCCC2)CCCCC1. The van der Waals surface area contributed by atoms with Crippen LogP contribution in [0, 0.1) is 24.7 Å². The summed E-state index contributed by atoms with van der Waals surface area (Å²) in [5.74, 6) is 2.09. The number of rotatable bonds is 4. The summed E-state index contributed by atoms with van der Waals surface area (Å²) in [6, 6.07) is 0. The Hall–Kier alpha value is 0. The van der Waals surface area contributed by atoms with E-state index in [4.69, 9.17) is 0 Å². The molecule has 0 amide bonds. The van der Waals surface area contributed by atoms with Gasteiger partial charge < -0.3 is 0 Å². The monoisotopic (exact) mass is 402 g/mol. The van der Waals surface area contributed by atoms with Crippen LogP contribution < -0.4 is 0 Å². The molecule has 2 unspecified atom stereocenters. The van der Waals surface area contributed by atoms with Gasteiger partial charge in [0.05, 0.1) is 0 Å². The summed E-state index contributed by atoms with van der Waals surface area (Å²) in [7, 11) is 0. The second kappa shape index (κ2) is 18.7. The van der Waals surface area contributed by atoms with E-state index in [-0.39, 0.29) is 0 Å². The molecule has 0 aromatic rings. The summed E-state index contributed by atoms with van der Waals surface area (Å²) in [6.45, 7) is 0. The fraction of sp³-hybridized carbons (Fsp3) is 0.931. The molecule has 170 valence electrons. The van der Waals surface area contributed by atoms with Crippen molar-refractivity contribution in [3.05, 3.63) is 12.8 Å². The molecule has 2 rings (SSSR count). The molecule has 0 saturated heterocycles. The Kier molecular flexibility index (Phi) is 16.3. The minimum atomic E-state index is 1.05. The van der Waals surface area contributed by atoms with E-state index in [2.05, 4.69) is 12.8 Å². The average Bonchev–Trinajstić information content (AvgIpc) is 2.77. The second-order valence-corrected chi connectivity index (χ2v) is 10.5. The normalized spacial score (nSPS) is 24.8. The number of hydrogen-bond donors (Lipinski definition) is 0. The summed E-state index contributed by atoms with van der Waals surface area (Å²) >= 11 is 0. The highest BCUT2D eigenvalue weighted by Crippen LogP contribution is 2.29. The summed E-state index contributed by atoms with van der Waals surface area (Å²) in [5.41, 5.74) is 0. The minimum absolute atomic E-state index is 1.05. The van der Waals surface area contributed by atoms with Gasteiger partial charge in [-0.1, -0.05) is 161 Å². The van der Waals surface area contributed by atoms with E-state index in [1.165, 1.54) is 161 Å². The van der Waals surface area contributed by atoms with Gasteiger partial charge in [0.2, 0.25) is 0 Å². The third kappa shape index (κ3) is 14.6. The van der Waals surface area contributed by atoms with Crippen molar-refractivity contribution in [2.24, 2.45) is 11.8 Å². The van der Waals surface area contributed by atoms with Gasteiger partial charge in [0.15, 0.2) is 0 Å². The molecule has 0 aliphatic heterocycles. The molecule has 2 radical (unpaired) electrons. The van der Waals surface area contributed by atoms with E-state index in [1.54, 1.807) is 0 Å². The quantitative estimate of drug-likeness (QED) is 0.438. The molecule has 2 aliphatic carbocycles. The molecule has 0 heteroatoms. The van der Waals surface area contributed by atoms with Crippen molar-refractivity contribution < 1.29 is 0 Å². The van der Waals surface area contributed by atoms with Crippen molar-refractivity contribution in [3.8, 4) is 0 Å². The summed E-state index contributed by atoms with van der Waals surface area (Å²) in [6.07, 6.45) is 42.1. The highest BCUT2D eigenvalue weighted by atomic mass is 14.2. The molecule has 2 fully saturated rings.